The van der Waals surface area contributed by atoms with Crippen LogP contribution in [0.4, 0.5) is 5.69 Å². The van der Waals surface area contributed by atoms with Gasteiger partial charge in [0.1, 0.15) is 0 Å². The highest BCUT2D eigenvalue weighted by atomic mass is 32.2. The van der Waals surface area contributed by atoms with Gasteiger partial charge in [-0.3, -0.25) is 15.1 Å². The van der Waals surface area contributed by atoms with Gasteiger partial charge in [-0.25, -0.2) is 0 Å². The molecule has 1 aliphatic rings. The number of aromatic nitrogens is 1. The summed E-state index contributed by atoms with van der Waals surface area (Å²) in [5.74, 6) is 1.73. The third-order valence-corrected chi connectivity index (χ3v) is 2.92. The van der Waals surface area contributed by atoms with E-state index in [1.54, 1.807) is 36.3 Å². The van der Waals surface area contributed by atoms with E-state index < -0.39 is 0 Å². The summed E-state index contributed by atoms with van der Waals surface area (Å²) in [7, 11) is 0. The highest BCUT2D eigenvalue weighted by molar-refractivity contribution is 7.99. The number of nitrogens with one attached hydrogen (secondary N) is 2. The number of anilines is 1. The summed E-state index contributed by atoms with van der Waals surface area (Å²) in [6.07, 6.45) is 3.32. The van der Waals surface area contributed by atoms with E-state index in [0.717, 1.165) is 17.3 Å². The first-order valence-corrected chi connectivity index (χ1v) is 5.54. The minimum atomic E-state index is -0.0619. The Labute approximate surface area is 86.5 Å². The maximum absolute atomic E-state index is 11.6. The maximum Gasteiger partial charge on any atom is 0.242 e. The predicted octanol–water partition coefficient (Wildman–Crippen LogP) is 0.683. The lowest BCUT2D eigenvalue weighted by Gasteiger charge is -2.09. The fourth-order valence-corrected chi connectivity index (χ4v) is 2.17. The number of nitrogens with zero attached hydrogens (tertiary/aromatic N) is 1. The second-order valence-corrected chi connectivity index (χ2v) is 4.03. The Balaban J connectivity index is 1.94. The lowest BCUT2D eigenvalue weighted by molar-refractivity contribution is -0.117. The van der Waals surface area contributed by atoms with Crippen LogP contribution in [0, 0.1) is 0 Å². The zero-order valence-corrected chi connectivity index (χ0v) is 8.38. The van der Waals surface area contributed by atoms with Crippen LogP contribution in [0.2, 0.25) is 0 Å². The number of amides is 1. The number of thioether (sulfide) groups is 1. The zero-order valence-electron chi connectivity index (χ0n) is 7.56. The lowest BCUT2D eigenvalue weighted by atomic mass is 10.3. The summed E-state index contributed by atoms with van der Waals surface area (Å²) in [4.78, 5) is 15.5. The van der Waals surface area contributed by atoms with Crippen LogP contribution in [0.15, 0.2) is 24.5 Å². The molecule has 74 valence electrons. The van der Waals surface area contributed by atoms with Crippen LogP contribution in [-0.2, 0) is 4.79 Å². The number of carbonyl (C=O) groups excluding carboxylic acids is 1. The average Bonchev–Trinajstić information content (AvgIpc) is 2.72. The number of hydrogen-bond acceptors (Lipinski definition) is 4. The molecule has 2 N–H and O–H groups in total. The monoisotopic (exact) mass is 209 g/mol. The molecule has 1 aromatic rings. The SMILES string of the molecule is O=C(Nc1ccncc1)C1CSCN1. The Bertz CT molecular complexity index is 311. The quantitative estimate of drug-likeness (QED) is 0.752. The standard InChI is InChI=1S/C9H11N3OS/c13-9(8-5-14-6-11-8)12-7-1-3-10-4-2-7/h1-4,8,11H,5-6H2,(H,10,12,13). The molecule has 0 aliphatic carbocycles. The smallest absolute Gasteiger partial charge is 0.242 e. The first-order valence-electron chi connectivity index (χ1n) is 4.38. The van der Waals surface area contributed by atoms with Crippen LogP contribution in [0.25, 0.3) is 0 Å². The van der Waals surface area contributed by atoms with Crippen LogP contribution in [0.3, 0.4) is 0 Å². The van der Waals surface area contributed by atoms with E-state index in [2.05, 4.69) is 15.6 Å². The van der Waals surface area contributed by atoms with E-state index >= 15 is 0 Å². The molecule has 14 heavy (non-hydrogen) atoms. The van der Waals surface area contributed by atoms with E-state index in [1.807, 2.05) is 0 Å². The third kappa shape index (κ3) is 2.24. The highest BCUT2D eigenvalue weighted by Gasteiger charge is 2.22. The van der Waals surface area contributed by atoms with Gasteiger partial charge in [0.25, 0.3) is 0 Å². The van der Waals surface area contributed by atoms with Crippen molar-refractivity contribution in [1.82, 2.24) is 10.3 Å². The van der Waals surface area contributed by atoms with Gasteiger partial charge < -0.3 is 5.32 Å². The number of pyridine rings is 1. The molecule has 1 saturated heterocycles. The van der Waals surface area contributed by atoms with Crippen LogP contribution in [0.1, 0.15) is 0 Å². The van der Waals surface area contributed by atoms with E-state index in [0.29, 0.717) is 0 Å². The number of carbonyl (C=O) groups is 1. The highest BCUT2D eigenvalue weighted by Crippen LogP contribution is 2.11. The Morgan fingerprint density at radius 3 is 3.00 bits per heavy atom. The van der Waals surface area contributed by atoms with E-state index in [-0.39, 0.29) is 11.9 Å². The molecular formula is C9H11N3OS. The second-order valence-electron chi connectivity index (χ2n) is 3.00. The Kier molecular flexibility index (Phi) is 3.00. The average molecular weight is 209 g/mol. The number of hydrogen-bond donors (Lipinski definition) is 2. The zero-order chi connectivity index (χ0) is 9.80. The van der Waals surface area contributed by atoms with Crippen LogP contribution in [-0.4, -0.2) is 28.6 Å². The topological polar surface area (TPSA) is 54.0 Å². The molecule has 0 aromatic carbocycles. The van der Waals surface area contributed by atoms with Gasteiger partial charge in [0, 0.05) is 29.7 Å². The van der Waals surface area contributed by atoms with Crippen molar-refractivity contribution < 1.29 is 4.79 Å². The van der Waals surface area contributed by atoms with Crippen molar-refractivity contribution in [3.05, 3.63) is 24.5 Å². The van der Waals surface area contributed by atoms with Crippen molar-refractivity contribution in [1.29, 1.82) is 0 Å². The summed E-state index contributed by atoms with van der Waals surface area (Å²) in [6.45, 7) is 0. The molecule has 1 amide bonds. The van der Waals surface area contributed by atoms with Crippen molar-refractivity contribution in [3.63, 3.8) is 0 Å². The van der Waals surface area contributed by atoms with Gasteiger partial charge in [-0.15, -0.1) is 11.8 Å². The maximum atomic E-state index is 11.6. The molecule has 2 rings (SSSR count). The molecule has 1 aromatic heterocycles. The Morgan fingerprint density at radius 2 is 2.36 bits per heavy atom. The summed E-state index contributed by atoms with van der Waals surface area (Å²) in [6, 6.07) is 3.49. The van der Waals surface area contributed by atoms with E-state index in [1.165, 1.54) is 0 Å². The van der Waals surface area contributed by atoms with Gasteiger partial charge in [0.05, 0.1) is 6.04 Å². The van der Waals surface area contributed by atoms with Crippen molar-refractivity contribution in [2.24, 2.45) is 0 Å². The van der Waals surface area contributed by atoms with Crippen LogP contribution in [0.5, 0.6) is 0 Å². The van der Waals surface area contributed by atoms with Gasteiger partial charge in [-0.1, -0.05) is 0 Å². The summed E-state index contributed by atoms with van der Waals surface area (Å²) >= 11 is 1.74. The van der Waals surface area contributed by atoms with Crippen molar-refractivity contribution in [3.8, 4) is 0 Å². The van der Waals surface area contributed by atoms with Gasteiger partial charge >= 0.3 is 0 Å². The summed E-state index contributed by atoms with van der Waals surface area (Å²) in [5, 5.41) is 5.94. The molecule has 0 radical (unpaired) electrons. The minimum Gasteiger partial charge on any atom is -0.325 e. The van der Waals surface area contributed by atoms with Crippen LogP contribution < -0.4 is 10.6 Å². The van der Waals surface area contributed by atoms with Crippen LogP contribution >= 0.6 is 11.8 Å². The summed E-state index contributed by atoms with van der Waals surface area (Å²) < 4.78 is 0. The summed E-state index contributed by atoms with van der Waals surface area (Å²) in [5.41, 5.74) is 0.795. The van der Waals surface area contributed by atoms with Crippen molar-refractivity contribution >= 4 is 23.4 Å². The third-order valence-electron chi connectivity index (χ3n) is 1.98. The van der Waals surface area contributed by atoms with Gasteiger partial charge in [0.15, 0.2) is 0 Å². The predicted molar refractivity (Wildman–Crippen MR) is 57.1 cm³/mol. The minimum absolute atomic E-state index is 0.0289. The van der Waals surface area contributed by atoms with Gasteiger partial charge in [-0.2, -0.15) is 0 Å². The normalized spacial score (nSPS) is 20.7. The largest absolute Gasteiger partial charge is 0.325 e. The molecule has 0 spiro atoms. The molecule has 4 nitrogen and oxygen atoms in total. The Hall–Kier alpha value is -1.07. The van der Waals surface area contributed by atoms with Crippen molar-refractivity contribution in [2.75, 3.05) is 16.9 Å². The molecule has 5 heteroatoms. The molecule has 1 aliphatic heterocycles. The molecule has 1 fully saturated rings. The molecular weight excluding hydrogens is 198 g/mol. The molecule has 1 unspecified atom stereocenters. The first-order chi connectivity index (χ1) is 6.86. The molecule has 2 heterocycles. The molecule has 0 bridgehead atoms. The molecule has 0 saturated carbocycles. The van der Waals surface area contributed by atoms with Gasteiger partial charge in [0.2, 0.25) is 5.91 Å². The second kappa shape index (κ2) is 4.43. The fraction of sp³-hybridized carbons (Fsp3) is 0.333. The van der Waals surface area contributed by atoms with E-state index in [4.69, 9.17) is 0 Å². The van der Waals surface area contributed by atoms with E-state index in [9.17, 15) is 4.79 Å². The van der Waals surface area contributed by atoms with Gasteiger partial charge in [-0.05, 0) is 12.1 Å². The van der Waals surface area contributed by atoms with Crippen molar-refractivity contribution in [2.45, 2.75) is 6.04 Å². The molecule has 1 atom stereocenters. The first kappa shape index (κ1) is 9.48. The lowest BCUT2D eigenvalue weighted by Crippen LogP contribution is -2.37. The number of rotatable bonds is 2. The Morgan fingerprint density at radius 1 is 1.57 bits per heavy atom. The fourth-order valence-electron chi connectivity index (χ4n) is 1.23.